The Balaban J connectivity index is 0.958. The van der Waals surface area contributed by atoms with Crippen LogP contribution in [-0.2, 0) is 0 Å². The second-order valence-corrected chi connectivity index (χ2v) is 17.7. The molecule has 0 N–H and O–H groups in total. The van der Waals surface area contributed by atoms with Crippen LogP contribution in [0.25, 0.3) is 104 Å². The Morgan fingerprint density at radius 3 is 1.59 bits per heavy atom. The van der Waals surface area contributed by atoms with Gasteiger partial charge in [-0.05, 0) is 132 Å². The predicted octanol–water partition coefficient (Wildman–Crippen LogP) is 18.4. The highest BCUT2D eigenvalue weighted by Gasteiger charge is 2.21. The lowest BCUT2D eigenvalue weighted by molar-refractivity contribution is 1.18. The van der Waals surface area contributed by atoms with Gasteiger partial charge in [-0.3, -0.25) is 0 Å². The van der Waals surface area contributed by atoms with E-state index in [1.165, 1.54) is 93.1 Å². The molecule has 0 atom stereocenters. The summed E-state index contributed by atoms with van der Waals surface area (Å²) in [4.78, 5) is 2.40. The predicted molar refractivity (Wildman–Crippen MR) is 290 cm³/mol. The molecule has 0 bridgehead atoms. The Labute approximate surface area is 395 Å². The van der Waals surface area contributed by atoms with Crippen LogP contribution >= 0.6 is 0 Å². The van der Waals surface area contributed by atoms with Crippen molar-refractivity contribution >= 4 is 71.2 Å². The van der Waals surface area contributed by atoms with E-state index in [1.54, 1.807) is 0 Å². The summed E-state index contributed by atoms with van der Waals surface area (Å²) in [6, 6.07) is 97.5. The first kappa shape index (κ1) is 39.4. The maximum Gasteiger partial charge on any atom is 0.0619 e. The molecule has 0 aliphatic heterocycles. The Hall–Kier alpha value is -8.98. The zero-order valence-electron chi connectivity index (χ0n) is 37.3. The molecule has 0 saturated carbocycles. The molecule has 0 aliphatic rings. The van der Waals surface area contributed by atoms with E-state index < -0.39 is 0 Å². The summed E-state index contributed by atoms with van der Waals surface area (Å²) in [5.74, 6) is 0. The zero-order chi connectivity index (χ0) is 45.0. The first-order chi connectivity index (χ1) is 33.7. The van der Waals surface area contributed by atoms with Gasteiger partial charge in [0.25, 0.3) is 0 Å². The Bertz CT molecular complexity index is 3990. The fourth-order valence-corrected chi connectivity index (χ4v) is 10.6. The van der Waals surface area contributed by atoms with Crippen LogP contribution in [0.4, 0.5) is 17.1 Å². The lowest BCUT2D eigenvalue weighted by atomic mass is 9.96. The highest BCUT2D eigenvalue weighted by atomic mass is 15.1. The van der Waals surface area contributed by atoms with Crippen molar-refractivity contribution < 1.29 is 0 Å². The third-order valence-corrected chi connectivity index (χ3v) is 13.8. The third-order valence-electron chi connectivity index (χ3n) is 13.8. The normalized spacial score (nSPS) is 11.5. The quantitative estimate of drug-likeness (QED) is 0.138. The SMILES string of the molecule is c1ccc(-c2cccc3c4c(-c5cccc(N(c6ccc(-c7ccc8c(ccc9ccccc98)c7)cc6)c6ccc(-c7cccc8ccccc78)cc6)c5)cccc4n(-c4ccccc4)c23)cc1. The molecule has 0 saturated heterocycles. The van der Waals surface area contributed by atoms with E-state index in [4.69, 9.17) is 0 Å². The highest BCUT2D eigenvalue weighted by molar-refractivity contribution is 6.19. The lowest BCUT2D eigenvalue weighted by Gasteiger charge is -2.26. The van der Waals surface area contributed by atoms with Crippen molar-refractivity contribution in [2.75, 3.05) is 4.90 Å². The van der Waals surface area contributed by atoms with Gasteiger partial charge in [-0.1, -0.05) is 206 Å². The van der Waals surface area contributed by atoms with Crippen molar-refractivity contribution in [1.29, 1.82) is 0 Å². The molecular formula is C66H44N2. The summed E-state index contributed by atoms with van der Waals surface area (Å²) in [5, 5.41) is 10.0. The number of rotatable bonds is 8. The van der Waals surface area contributed by atoms with Gasteiger partial charge in [-0.2, -0.15) is 0 Å². The van der Waals surface area contributed by atoms with Gasteiger partial charge in [0.2, 0.25) is 0 Å². The minimum absolute atomic E-state index is 1.08. The second-order valence-electron chi connectivity index (χ2n) is 17.7. The van der Waals surface area contributed by atoms with Gasteiger partial charge in [0, 0.05) is 39.1 Å². The van der Waals surface area contributed by atoms with E-state index in [2.05, 4.69) is 276 Å². The van der Waals surface area contributed by atoms with E-state index in [-0.39, 0.29) is 0 Å². The van der Waals surface area contributed by atoms with Gasteiger partial charge in [-0.15, -0.1) is 0 Å². The van der Waals surface area contributed by atoms with Gasteiger partial charge in [0.05, 0.1) is 11.0 Å². The van der Waals surface area contributed by atoms with Crippen molar-refractivity contribution in [2.24, 2.45) is 0 Å². The summed E-state index contributed by atoms with van der Waals surface area (Å²) >= 11 is 0. The van der Waals surface area contributed by atoms with Crippen LogP contribution in [0.15, 0.2) is 267 Å². The molecule has 68 heavy (non-hydrogen) atoms. The molecule has 13 aromatic rings. The summed E-state index contributed by atoms with van der Waals surface area (Å²) in [5.41, 5.74) is 16.3. The number of anilines is 3. The number of hydrogen-bond acceptors (Lipinski definition) is 1. The molecular weight excluding hydrogens is 821 g/mol. The zero-order valence-corrected chi connectivity index (χ0v) is 37.3. The van der Waals surface area contributed by atoms with Crippen LogP contribution in [0.1, 0.15) is 0 Å². The lowest BCUT2D eigenvalue weighted by Crippen LogP contribution is -2.10. The topological polar surface area (TPSA) is 8.17 Å². The van der Waals surface area contributed by atoms with E-state index >= 15 is 0 Å². The summed E-state index contributed by atoms with van der Waals surface area (Å²) in [6.07, 6.45) is 0. The van der Waals surface area contributed by atoms with Gasteiger partial charge in [0.1, 0.15) is 0 Å². The summed E-state index contributed by atoms with van der Waals surface area (Å²) < 4.78 is 2.45. The monoisotopic (exact) mass is 864 g/mol. The Kier molecular flexibility index (Phi) is 9.54. The first-order valence-corrected chi connectivity index (χ1v) is 23.4. The van der Waals surface area contributed by atoms with Crippen molar-refractivity contribution in [3.63, 3.8) is 0 Å². The molecule has 1 aromatic heterocycles. The van der Waals surface area contributed by atoms with Crippen LogP contribution in [0.3, 0.4) is 0 Å². The number of nitrogens with zero attached hydrogens (tertiary/aromatic N) is 2. The highest BCUT2D eigenvalue weighted by Crippen LogP contribution is 2.45. The van der Waals surface area contributed by atoms with E-state index in [1.807, 2.05) is 0 Å². The largest absolute Gasteiger partial charge is 0.310 e. The summed E-state index contributed by atoms with van der Waals surface area (Å²) in [6.45, 7) is 0. The van der Waals surface area contributed by atoms with Gasteiger partial charge in [0.15, 0.2) is 0 Å². The summed E-state index contributed by atoms with van der Waals surface area (Å²) in [7, 11) is 0. The van der Waals surface area contributed by atoms with Gasteiger partial charge < -0.3 is 9.47 Å². The molecule has 0 radical (unpaired) electrons. The molecule has 13 rings (SSSR count). The smallest absolute Gasteiger partial charge is 0.0619 e. The molecule has 318 valence electrons. The van der Waals surface area contributed by atoms with E-state index in [0.29, 0.717) is 0 Å². The standard InChI is InChI=1S/C66H44N2/c1-3-15-47(16-4-1)62-28-13-29-63-65-61(27-14-30-64(65)68(66(62)63)53-21-5-2-6-22-53)51-20-11-23-56(44-51)67(55-40-35-49(36-41-55)59-26-12-19-46-17-7-9-24-57(46)59)54-38-33-45(34-39-54)50-37-42-60-52(43-50)32-31-48-18-8-10-25-58(48)60/h1-44H. The van der Waals surface area contributed by atoms with Gasteiger partial charge in [-0.25, -0.2) is 0 Å². The molecule has 0 amide bonds. The van der Waals surface area contributed by atoms with Crippen molar-refractivity contribution in [1.82, 2.24) is 4.57 Å². The third kappa shape index (κ3) is 6.73. The number of fused-ring (bicyclic) bond motifs is 7. The molecule has 0 aliphatic carbocycles. The molecule has 2 nitrogen and oxygen atoms in total. The van der Waals surface area contributed by atoms with Crippen LogP contribution < -0.4 is 4.90 Å². The maximum atomic E-state index is 2.45. The average molecular weight is 865 g/mol. The van der Waals surface area contributed by atoms with Crippen LogP contribution in [0.2, 0.25) is 0 Å². The number of para-hydroxylation sites is 2. The Morgan fingerprint density at radius 1 is 0.265 bits per heavy atom. The van der Waals surface area contributed by atoms with Crippen molar-refractivity contribution in [2.45, 2.75) is 0 Å². The molecule has 0 fully saturated rings. The van der Waals surface area contributed by atoms with Crippen LogP contribution in [-0.4, -0.2) is 4.57 Å². The number of hydrogen-bond donors (Lipinski definition) is 0. The fraction of sp³-hybridized carbons (Fsp3) is 0. The second kappa shape index (κ2) is 16.5. The van der Waals surface area contributed by atoms with E-state index in [9.17, 15) is 0 Å². The number of benzene rings is 12. The maximum absolute atomic E-state index is 2.45. The minimum atomic E-state index is 1.08. The van der Waals surface area contributed by atoms with Crippen LogP contribution in [0.5, 0.6) is 0 Å². The molecule has 0 unspecified atom stereocenters. The van der Waals surface area contributed by atoms with Crippen molar-refractivity contribution in [3.8, 4) is 50.2 Å². The molecule has 12 aromatic carbocycles. The van der Waals surface area contributed by atoms with Crippen molar-refractivity contribution in [3.05, 3.63) is 267 Å². The first-order valence-electron chi connectivity index (χ1n) is 23.4. The van der Waals surface area contributed by atoms with Crippen LogP contribution in [0, 0.1) is 0 Å². The van der Waals surface area contributed by atoms with Gasteiger partial charge >= 0.3 is 0 Å². The molecule has 1 heterocycles. The Morgan fingerprint density at radius 2 is 0.794 bits per heavy atom. The molecule has 0 spiro atoms. The number of aromatic nitrogens is 1. The minimum Gasteiger partial charge on any atom is -0.310 e. The fourth-order valence-electron chi connectivity index (χ4n) is 10.6. The average Bonchev–Trinajstić information content (AvgIpc) is 3.76. The van der Waals surface area contributed by atoms with E-state index in [0.717, 1.165) is 28.3 Å². The molecule has 2 heteroatoms.